The van der Waals surface area contributed by atoms with Gasteiger partial charge in [0.25, 0.3) is 0 Å². The molecule has 0 bridgehead atoms. The first kappa shape index (κ1) is 27.2. The molecule has 1 saturated heterocycles. The van der Waals surface area contributed by atoms with Crippen molar-refractivity contribution in [3.8, 4) is 0 Å². The molecule has 0 aromatic rings. The van der Waals surface area contributed by atoms with Gasteiger partial charge < -0.3 is 19.7 Å². The fraction of sp³-hybridized carbons (Fsp3) is 0.864. The van der Waals surface area contributed by atoms with E-state index >= 15 is 0 Å². The highest BCUT2D eigenvalue weighted by Crippen LogP contribution is 2.08. The van der Waals surface area contributed by atoms with Crippen LogP contribution in [0.5, 0.6) is 0 Å². The van der Waals surface area contributed by atoms with Gasteiger partial charge in [0.15, 0.2) is 0 Å². The summed E-state index contributed by atoms with van der Waals surface area (Å²) in [5.41, 5.74) is -1.29. The lowest BCUT2D eigenvalue weighted by atomic mass is 10.1. The standard InChI is InChI=1S/C22H43N5O4/c1-21(2,3)30-19(28)25-18(26-20(29)31-22(4,5)6)24-12-10-8-7-9-11-15-27-16-13-23-14-17-27/h23H,7-17H2,1-6H3,(H2,24,25,26,28,29). The molecule has 0 aromatic heterocycles. The maximum absolute atomic E-state index is 12.1. The molecule has 1 rings (SSSR count). The number of guanidine groups is 1. The Kier molecular flexibility index (Phi) is 11.8. The summed E-state index contributed by atoms with van der Waals surface area (Å²) in [6.07, 6.45) is 4.16. The Morgan fingerprint density at radius 1 is 0.839 bits per heavy atom. The molecule has 0 unspecified atom stereocenters. The van der Waals surface area contributed by atoms with Crippen LogP contribution in [0.4, 0.5) is 9.59 Å². The molecule has 0 spiro atoms. The maximum Gasteiger partial charge on any atom is 0.414 e. The normalized spacial score (nSPS) is 15.2. The van der Waals surface area contributed by atoms with Gasteiger partial charge in [-0.2, -0.15) is 0 Å². The van der Waals surface area contributed by atoms with Crippen LogP contribution >= 0.6 is 0 Å². The Hall–Kier alpha value is -1.87. The second-order valence-electron chi connectivity index (χ2n) is 9.84. The topological polar surface area (TPSA) is 104 Å². The molecule has 1 aliphatic heterocycles. The van der Waals surface area contributed by atoms with Gasteiger partial charge in [0.1, 0.15) is 11.2 Å². The monoisotopic (exact) mass is 441 g/mol. The highest BCUT2D eigenvalue weighted by Gasteiger charge is 2.21. The molecule has 0 saturated carbocycles. The average Bonchev–Trinajstić information content (AvgIpc) is 2.61. The smallest absolute Gasteiger partial charge is 0.414 e. The number of nitrogens with zero attached hydrogens (tertiary/aromatic N) is 2. The number of carbonyl (C=O) groups is 2. The highest BCUT2D eigenvalue weighted by atomic mass is 16.6. The second kappa shape index (κ2) is 13.5. The van der Waals surface area contributed by atoms with Crippen molar-refractivity contribution in [2.24, 2.45) is 4.99 Å². The molecule has 0 radical (unpaired) electrons. The minimum Gasteiger partial charge on any atom is -0.444 e. The summed E-state index contributed by atoms with van der Waals surface area (Å²) >= 11 is 0. The first-order chi connectivity index (χ1) is 14.4. The van der Waals surface area contributed by atoms with Crippen molar-refractivity contribution in [2.75, 3.05) is 39.3 Å². The zero-order chi connectivity index (χ0) is 23.3. The number of nitrogens with one attached hydrogen (secondary N) is 3. The summed E-state index contributed by atoms with van der Waals surface area (Å²) in [7, 11) is 0. The number of ether oxygens (including phenoxy) is 2. The molecule has 2 amide bonds. The number of unbranched alkanes of at least 4 members (excludes halogenated alkanes) is 4. The summed E-state index contributed by atoms with van der Waals surface area (Å²) in [5, 5.41) is 8.38. The first-order valence-corrected chi connectivity index (χ1v) is 11.4. The highest BCUT2D eigenvalue weighted by molar-refractivity contribution is 6.01. The Morgan fingerprint density at radius 3 is 1.84 bits per heavy atom. The molecular formula is C22H43N5O4. The van der Waals surface area contributed by atoms with Crippen LogP contribution in [-0.2, 0) is 9.47 Å². The van der Waals surface area contributed by atoms with Crippen LogP contribution < -0.4 is 16.0 Å². The van der Waals surface area contributed by atoms with Gasteiger partial charge in [-0.05, 0) is 60.9 Å². The van der Waals surface area contributed by atoms with Gasteiger partial charge in [-0.15, -0.1) is 0 Å². The zero-order valence-corrected chi connectivity index (χ0v) is 20.3. The summed E-state index contributed by atoms with van der Waals surface area (Å²) in [6, 6.07) is 0. The lowest BCUT2D eigenvalue weighted by Gasteiger charge is -2.26. The van der Waals surface area contributed by atoms with Gasteiger partial charge in [0.2, 0.25) is 5.96 Å². The van der Waals surface area contributed by atoms with E-state index in [1.54, 1.807) is 41.5 Å². The van der Waals surface area contributed by atoms with Crippen LogP contribution in [0.3, 0.4) is 0 Å². The number of piperazine rings is 1. The average molecular weight is 442 g/mol. The lowest BCUT2D eigenvalue weighted by molar-refractivity contribution is 0.0545. The van der Waals surface area contributed by atoms with E-state index in [0.717, 1.165) is 45.4 Å². The largest absolute Gasteiger partial charge is 0.444 e. The fourth-order valence-corrected chi connectivity index (χ4v) is 3.01. The second-order valence-corrected chi connectivity index (χ2v) is 9.84. The van der Waals surface area contributed by atoms with Crippen LogP contribution in [0.1, 0.15) is 73.6 Å². The molecule has 3 N–H and O–H groups in total. The summed E-state index contributed by atoms with van der Waals surface area (Å²) in [4.78, 5) is 31.0. The van der Waals surface area contributed by atoms with E-state index in [-0.39, 0.29) is 5.96 Å². The number of alkyl carbamates (subject to hydrolysis) is 2. The minimum absolute atomic E-state index is 0.0437. The number of amides is 2. The molecule has 31 heavy (non-hydrogen) atoms. The Labute approximate surface area is 187 Å². The van der Waals surface area contributed by atoms with Gasteiger partial charge >= 0.3 is 12.2 Å². The van der Waals surface area contributed by atoms with Crippen molar-refractivity contribution in [3.63, 3.8) is 0 Å². The van der Waals surface area contributed by atoms with Crippen LogP contribution in [0, 0.1) is 0 Å². The first-order valence-electron chi connectivity index (χ1n) is 11.4. The maximum atomic E-state index is 12.1. The molecule has 1 heterocycles. The quantitative estimate of drug-likeness (QED) is 0.303. The zero-order valence-electron chi connectivity index (χ0n) is 20.3. The van der Waals surface area contributed by atoms with E-state index in [1.807, 2.05) is 0 Å². The van der Waals surface area contributed by atoms with E-state index in [9.17, 15) is 9.59 Å². The van der Waals surface area contributed by atoms with E-state index in [2.05, 4.69) is 25.8 Å². The van der Waals surface area contributed by atoms with Crippen molar-refractivity contribution >= 4 is 18.1 Å². The van der Waals surface area contributed by atoms with Crippen molar-refractivity contribution in [3.05, 3.63) is 0 Å². The molecular weight excluding hydrogens is 398 g/mol. The Morgan fingerprint density at radius 2 is 1.32 bits per heavy atom. The molecule has 0 aromatic carbocycles. The molecule has 9 heteroatoms. The third kappa shape index (κ3) is 15.6. The number of hydrogen-bond acceptors (Lipinski definition) is 7. The number of rotatable bonds is 8. The van der Waals surface area contributed by atoms with Gasteiger partial charge in [0.05, 0.1) is 0 Å². The van der Waals surface area contributed by atoms with E-state index < -0.39 is 23.4 Å². The van der Waals surface area contributed by atoms with E-state index in [4.69, 9.17) is 9.47 Å². The minimum atomic E-state index is -0.671. The summed E-state index contributed by atoms with van der Waals surface area (Å²) in [5.74, 6) is 0.0437. The fourth-order valence-electron chi connectivity index (χ4n) is 3.01. The van der Waals surface area contributed by atoms with Crippen LogP contribution in [-0.4, -0.2) is 73.5 Å². The third-order valence-electron chi connectivity index (χ3n) is 4.35. The number of carbonyl (C=O) groups excluding carboxylic acids is 2. The number of aliphatic imine (C=N–C) groups is 1. The van der Waals surface area contributed by atoms with Crippen molar-refractivity contribution in [1.82, 2.24) is 20.9 Å². The predicted octanol–water partition coefficient (Wildman–Crippen LogP) is 3.25. The molecule has 0 aliphatic carbocycles. The van der Waals surface area contributed by atoms with Crippen molar-refractivity contribution < 1.29 is 19.1 Å². The summed E-state index contributed by atoms with van der Waals surface area (Å²) in [6.45, 7) is 16.8. The van der Waals surface area contributed by atoms with E-state index in [0.29, 0.717) is 6.54 Å². The van der Waals surface area contributed by atoms with Gasteiger partial charge in [-0.25, -0.2) is 9.59 Å². The van der Waals surface area contributed by atoms with Crippen LogP contribution in [0.2, 0.25) is 0 Å². The van der Waals surface area contributed by atoms with Crippen LogP contribution in [0.15, 0.2) is 4.99 Å². The Balaban J connectivity index is 2.37. The molecule has 9 nitrogen and oxygen atoms in total. The van der Waals surface area contributed by atoms with Gasteiger partial charge in [-0.1, -0.05) is 19.3 Å². The Bertz CT molecular complexity index is 543. The molecule has 1 fully saturated rings. The van der Waals surface area contributed by atoms with Crippen LogP contribution in [0.25, 0.3) is 0 Å². The molecule has 0 atom stereocenters. The number of hydrogen-bond donors (Lipinski definition) is 3. The van der Waals surface area contributed by atoms with Gasteiger partial charge in [-0.3, -0.25) is 15.6 Å². The SMILES string of the molecule is CC(C)(C)OC(=O)NC(=NCCCCCCCN1CCNCC1)NC(=O)OC(C)(C)C. The van der Waals surface area contributed by atoms with Gasteiger partial charge in [0, 0.05) is 32.7 Å². The third-order valence-corrected chi connectivity index (χ3v) is 4.35. The lowest BCUT2D eigenvalue weighted by Crippen LogP contribution is -2.47. The molecule has 1 aliphatic rings. The molecule has 180 valence electrons. The predicted molar refractivity (Wildman–Crippen MR) is 123 cm³/mol. The van der Waals surface area contributed by atoms with Crippen molar-refractivity contribution in [2.45, 2.75) is 84.8 Å². The summed E-state index contributed by atoms with van der Waals surface area (Å²) < 4.78 is 10.5. The van der Waals surface area contributed by atoms with E-state index in [1.165, 1.54) is 19.4 Å². The van der Waals surface area contributed by atoms with Crippen molar-refractivity contribution in [1.29, 1.82) is 0 Å².